The first kappa shape index (κ1) is 15.4. The predicted molar refractivity (Wildman–Crippen MR) is 81.2 cm³/mol. The molecule has 0 fully saturated rings. The summed E-state index contributed by atoms with van der Waals surface area (Å²) in [5, 5.41) is 11.2. The minimum atomic E-state index is -0.856. The van der Waals surface area contributed by atoms with Gasteiger partial charge in [0.05, 0.1) is 4.92 Å². The molecule has 0 amide bonds. The fourth-order valence-electron chi connectivity index (χ4n) is 1.90. The highest BCUT2D eigenvalue weighted by atomic mass is 79.9. The Morgan fingerprint density at radius 3 is 2.67 bits per heavy atom. The molecule has 0 aliphatic rings. The molecular formula is C15H13BrFNO3. The van der Waals surface area contributed by atoms with Crippen molar-refractivity contribution < 1.29 is 14.1 Å². The molecule has 0 bridgehead atoms. The van der Waals surface area contributed by atoms with E-state index < -0.39 is 16.4 Å². The Bertz CT molecular complexity index is 676. The van der Waals surface area contributed by atoms with Gasteiger partial charge in [-0.15, -0.1) is 0 Å². The van der Waals surface area contributed by atoms with Crippen LogP contribution in [0.2, 0.25) is 0 Å². The van der Waals surface area contributed by atoms with E-state index in [4.69, 9.17) is 4.74 Å². The molecule has 2 rings (SSSR count). The minimum Gasteiger partial charge on any atom is -0.489 e. The summed E-state index contributed by atoms with van der Waals surface area (Å²) in [6, 6.07) is 9.55. The fourth-order valence-corrected chi connectivity index (χ4v) is 2.34. The van der Waals surface area contributed by atoms with Crippen LogP contribution in [0.1, 0.15) is 16.7 Å². The van der Waals surface area contributed by atoms with E-state index in [0.29, 0.717) is 16.6 Å². The van der Waals surface area contributed by atoms with Crippen LogP contribution in [0, 0.1) is 22.9 Å². The summed E-state index contributed by atoms with van der Waals surface area (Å²) in [4.78, 5) is 9.81. The van der Waals surface area contributed by atoms with Gasteiger partial charge in [0.15, 0.2) is 0 Å². The summed E-state index contributed by atoms with van der Waals surface area (Å²) < 4.78 is 19.2. The second-order valence-corrected chi connectivity index (χ2v) is 5.14. The van der Waals surface area contributed by atoms with Gasteiger partial charge in [0, 0.05) is 17.0 Å². The van der Waals surface area contributed by atoms with Crippen molar-refractivity contribution >= 4 is 21.6 Å². The number of hydrogen-bond acceptors (Lipinski definition) is 3. The third-order valence-corrected chi connectivity index (χ3v) is 3.57. The van der Waals surface area contributed by atoms with Crippen LogP contribution in [-0.4, -0.2) is 4.92 Å². The maximum atomic E-state index is 13.5. The van der Waals surface area contributed by atoms with Gasteiger partial charge in [0.25, 0.3) is 0 Å². The number of benzene rings is 2. The van der Waals surface area contributed by atoms with Gasteiger partial charge in [0.1, 0.15) is 12.4 Å². The molecule has 2 aromatic carbocycles. The normalized spacial score (nSPS) is 10.4. The molecule has 0 heterocycles. The second-order valence-electron chi connectivity index (χ2n) is 4.58. The number of rotatable bonds is 5. The molecule has 0 saturated carbocycles. The van der Waals surface area contributed by atoms with Gasteiger partial charge >= 0.3 is 5.69 Å². The number of halogens is 2. The maximum absolute atomic E-state index is 13.5. The van der Waals surface area contributed by atoms with Crippen molar-refractivity contribution in [2.45, 2.75) is 18.9 Å². The van der Waals surface area contributed by atoms with Crippen LogP contribution in [0.15, 0.2) is 36.4 Å². The van der Waals surface area contributed by atoms with Gasteiger partial charge in [-0.05, 0) is 30.7 Å². The number of aryl methyl sites for hydroxylation is 1. The molecular weight excluding hydrogens is 341 g/mol. The van der Waals surface area contributed by atoms with E-state index >= 15 is 0 Å². The first-order valence-electron chi connectivity index (χ1n) is 6.22. The van der Waals surface area contributed by atoms with Crippen molar-refractivity contribution in [1.29, 1.82) is 0 Å². The SMILES string of the molecule is Cc1ccc(OCc2ccc([N+](=O)[O-])c(F)c2)c(CBr)c1. The van der Waals surface area contributed by atoms with E-state index in [1.807, 2.05) is 25.1 Å². The summed E-state index contributed by atoms with van der Waals surface area (Å²) in [6.07, 6.45) is 0. The summed E-state index contributed by atoms with van der Waals surface area (Å²) in [5.74, 6) is -0.151. The van der Waals surface area contributed by atoms with Crippen molar-refractivity contribution in [2.24, 2.45) is 0 Å². The monoisotopic (exact) mass is 353 g/mol. The van der Waals surface area contributed by atoms with E-state index in [2.05, 4.69) is 15.9 Å². The van der Waals surface area contributed by atoms with Crippen LogP contribution in [0.4, 0.5) is 10.1 Å². The Labute approximate surface area is 129 Å². The Kier molecular flexibility index (Phi) is 4.90. The zero-order valence-corrected chi connectivity index (χ0v) is 12.9. The summed E-state index contributed by atoms with van der Waals surface area (Å²) in [7, 11) is 0. The number of nitrogens with zero attached hydrogens (tertiary/aromatic N) is 1. The number of nitro groups is 1. The zero-order chi connectivity index (χ0) is 15.4. The quantitative estimate of drug-likeness (QED) is 0.451. The average molecular weight is 354 g/mol. The number of hydrogen-bond donors (Lipinski definition) is 0. The van der Waals surface area contributed by atoms with Crippen molar-refractivity contribution in [3.8, 4) is 5.75 Å². The summed E-state index contributed by atoms with van der Waals surface area (Å²) in [6.45, 7) is 2.14. The highest BCUT2D eigenvalue weighted by Gasteiger charge is 2.14. The summed E-state index contributed by atoms with van der Waals surface area (Å²) >= 11 is 3.39. The zero-order valence-electron chi connectivity index (χ0n) is 11.3. The van der Waals surface area contributed by atoms with Crippen LogP contribution in [0.25, 0.3) is 0 Å². The van der Waals surface area contributed by atoms with Crippen LogP contribution < -0.4 is 4.74 Å². The lowest BCUT2D eigenvalue weighted by molar-refractivity contribution is -0.387. The topological polar surface area (TPSA) is 52.4 Å². The van der Waals surface area contributed by atoms with Crippen molar-refractivity contribution in [3.05, 3.63) is 69.0 Å². The van der Waals surface area contributed by atoms with E-state index in [-0.39, 0.29) is 6.61 Å². The van der Waals surface area contributed by atoms with Gasteiger partial charge in [-0.2, -0.15) is 4.39 Å². The molecule has 0 aromatic heterocycles. The molecule has 110 valence electrons. The maximum Gasteiger partial charge on any atom is 0.304 e. The Morgan fingerprint density at radius 2 is 2.05 bits per heavy atom. The largest absolute Gasteiger partial charge is 0.489 e. The minimum absolute atomic E-state index is 0.151. The Morgan fingerprint density at radius 1 is 1.29 bits per heavy atom. The standard InChI is InChI=1S/C15H13BrFNO3/c1-10-2-5-15(12(6-10)8-16)21-9-11-3-4-14(18(19)20)13(17)7-11/h2-7H,8-9H2,1H3. The molecule has 6 heteroatoms. The van der Waals surface area contributed by atoms with Gasteiger partial charge in [-0.25, -0.2) is 0 Å². The molecule has 0 spiro atoms. The Balaban J connectivity index is 2.13. The molecule has 0 aliphatic heterocycles. The Hall–Kier alpha value is -1.95. The average Bonchev–Trinajstić information content (AvgIpc) is 2.45. The lowest BCUT2D eigenvalue weighted by Gasteiger charge is -2.11. The van der Waals surface area contributed by atoms with Crippen molar-refractivity contribution in [1.82, 2.24) is 0 Å². The fraction of sp³-hybridized carbons (Fsp3) is 0.200. The number of nitro benzene ring substituents is 1. The first-order chi connectivity index (χ1) is 10.0. The predicted octanol–water partition coefficient (Wildman–Crippen LogP) is 4.52. The van der Waals surface area contributed by atoms with Crippen LogP contribution in [0.5, 0.6) is 5.75 Å². The third-order valence-electron chi connectivity index (χ3n) is 2.96. The lowest BCUT2D eigenvalue weighted by Crippen LogP contribution is -2.00. The van der Waals surface area contributed by atoms with E-state index in [9.17, 15) is 14.5 Å². The molecule has 2 aromatic rings. The molecule has 0 unspecified atom stereocenters. The molecule has 0 radical (unpaired) electrons. The van der Waals surface area contributed by atoms with Crippen molar-refractivity contribution in [2.75, 3.05) is 0 Å². The van der Waals surface area contributed by atoms with Crippen LogP contribution >= 0.6 is 15.9 Å². The molecule has 0 saturated heterocycles. The third kappa shape index (κ3) is 3.78. The molecule has 4 nitrogen and oxygen atoms in total. The molecule has 0 N–H and O–H groups in total. The van der Waals surface area contributed by atoms with Gasteiger partial charge in [-0.3, -0.25) is 10.1 Å². The highest BCUT2D eigenvalue weighted by Crippen LogP contribution is 2.24. The van der Waals surface area contributed by atoms with Gasteiger partial charge in [-0.1, -0.05) is 33.6 Å². The smallest absolute Gasteiger partial charge is 0.304 e. The molecule has 0 aliphatic carbocycles. The lowest BCUT2D eigenvalue weighted by atomic mass is 10.1. The van der Waals surface area contributed by atoms with Crippen LogP contribution in [0.3, 0.4) is 0 Å². The van der Waals surface area contributed by atoms with Gasteiger partial charge in [0.2, 0.25) is 5.82 Å². The molecule has 0 atom stereocenters. The van der Waals surface area contributed by atoms with Crippen LogP contribution in [-0.2, 0) is 11.9 Å². The van der Waals surface area contributed by atoms with Gasteiger partial charge < -0.3 is 4.74 Å². The van der Waals surface area contributed by atoms with Crippen molar-refractivity contribution in [3.63, 3.8) is 0 Å². The number of alkyl halides is 1. The van der Waals surface area contributed by atoms with E-state index in [0.717, 1.165) is 23.3 Å². The van der Waals surface area contributed by atoms with E-state index in [1.165, 1.54) is 6.07 Å². The highest BCUT2D eigenvalue weighted by molar-refractivity contribution is 9.08. The first-order valence-corrected chi connectivity index (χ1v) is 7.34. The van der Waals surface area contributed by atoms with E-state index in [1.54, 1.807) is 0 Å². The second kappa shape index (κ2) is 6.67. The number of ether oxygens (including phenoxy) is 1. The molecule has 21 heavy (non-hydrogen) atoms. The summed E-state index contributed by atoms with van der Waals surface area (Å²) in [5.41, 5.74) is 2.13.